The van der Waals surface area contributed by atoms with Crippen LogP contribution in [0.15, 0.2) is 3.92 Å². The van der Waals surface area contributed by atoms with Gasteiger partial charge in [-0.1, -0.05) is 25.2 Å². The van der Waals surface area contributed by atoms with Crippen LogP contribution in [0.5, 0.6) is 0 Å². The van der Waals surface area contributed by atoms with Crippen molar-refractivity contribution in [3.63, 3.8) is 0 Å². The Balaban J connectivity index is 1.74. The molecule has 22 heavy (non-hydrogen) atoms. The van der Waals surface area contributed by atoms with Crippen molar-refractivity contribution in [2.75, 3.05) is 11.9 Å². The number of ether oxygens (including phenoxy) is 1. The standard InChI is InChI=1S/C13H15BrN4O2S2/c1-6(2)9-8(15-12(14)21-9)10(19)16-13-18-17-11(22-13)7-4-3-5-20-7/h6-7H,3-5H2,1-2H3,(H,16,18,19)/t7-/m1/s1. The number of halogens is 1. The molecule has 2 aromatic rings. The Morgan fingerprint density at radius 3 is 2.91 bits per heavy atom. The molecular formula is C13H15BrN4O2S2. The average Bonchev–Trinajstić information content (AvgIpc) is 3.16. The molecule has 0 bridgehead atoms. The van der Waals surface area contributed by atoms with Gasteiger partial charge in [-0.05, 0) is 34.7 Å². The maximum atomic E-state index is 12.4. The zero-order chi connectivity index (χ0) is 15.7. The lowest BCUT2D eigenvalue weighted by Crippen LogP contribution is -2.14. The number of thiazole rings is 1. The molecule has 3 rings (SSSR count). The molecule has 0 radical (unpaired) electrons. The summed E-state index contributed by atoms with van der Waals surface area (Å²) < 4.78 is 6.28. The number of aromatic nitrogens is 3. The molecule has 0 saturated carbocycles. The molecule has 1 saturated heterocycles. The summed E-state index contributed by atoms with van der Waals surface area (Å²) in [5, 5.41) is 12.2. The van der Waals surface area contributed by atoms with E-state index < -0.39 is 0 Å². The van der Waals surface area contributed by atoms with Crippen molar-refractivity contribution in [1.29, 1.82) is 0 Å². The largest absolute Gasteiger partial charge is 0.371 e. The summed E-state index contributed by atoms with van der Waals surface area (Å²) in [5.74, 6) is -0.0119. The Labute approximate surface area is 144 Å². The minimum absolute atomic E-state index is 0.0165. The van der Waals surface area contributed by atoms with E-state index in [-0.39, 0.29) is 17.9 Å². The average molecular weight is 403 g/mol. The molecule has 1 amide bonds. The molecule has 0 aliphatic carbocycles. The van der Waals surface area contributed by atoms with Crippen molar-refractivity contribution in [2.24, 2.45) is 0 Å². The quantitative estimate of drug-likeness (QED) is 0.836. The highest BCUT2D eigenvalue weighted by atomic mass is 79.9. The fraction of sp³-hybridized carbons (Fsp3) is 0.538. The smallest absolute Gasteiger partial charge is 0.277 e. The van der Waals surface area contributed by atoms with Crippen molar-refractivity contribution in [3.8, 4) is 0 Å². The molecule has 0 unspecified atom stereocenters. The van der Waals surface area contributed by atoms with Gasteiger partial charge < -0.3 is 4.74 Å². The molecule has 0 spiro atoms. The second-order valence-electron chi connectivity index (χ2n) is 5.24. The first-order valence-electron chi connectivity index (χ1n) is 6.97. The van der Waals surface area contributed by atoms with Crippen molar-refractivity contribution < 1.29 is 9.53 Å². The number of anilines is 1. The van der Waals surface area contributed by atoms with Gasteiger partial charge in [0.25, 0.3) is 5.91 Å². The molecule has 0 aromatic carbocycles. The van der Waals surface area contributed by atoms with Crippen molar-refractivity contribution in [3.05, 3.63) is 19.5 Å². The number of carbonyl (C=O) groups is 1. The van der Waals surface area contributed by atoms with E-state index in [0.29, 0.717) is 14.7 Å². The predicted octanol–water partition coefficient (Wildman–Crippen LogP) is 3.98. The van der Waals surface area contributed by atoms with E-state index in [2.05, 4.69) is 36.4 Å². The minimum Gasteiger partial charge on any atom is -0.371 e. The molecule has 1 N–H and O–H groups in total. The summed E-state index contributed by atoms with van der Waals surface area (Å²) in [4.78, 5) is 17.6. The van der Waals surface area contributed by atoms with Crippen molar-refractivity contribution in [2.45, 2.75) is 38.7 Å². The summed E-state index contributed by atoms with van der Waals surface area (Å²) in [6, 6.07) is 0. The third-order valence-electron chi connectivity index (χ3n) is 3.23. The summed E-state index contributed by atoms with van der Waals surface area (Å²) in [6.45, 7) is 4.84. The first-order valence-corrected chi connectivity index (χ1v) is 9.39. The van der Waals surface area contributed by atoms with E-state index in [1.807, 2.05) is 13.8 Å². The topological polar surface area (TPSA) is 77.0 Å². The normalized spacial score (nSPS) is 18.1. The van der Waals surface area contributed by atoms with Gasteiger partial charge in [-0.2, -0.15) is 0 Å². The highest BCUT2D eigenvalue weighted by molar-refractivity contribution is 9.11. The molecule has 6 nitrogen and oxygen atoms in total. The Morgan fingerprint density at radius 2 is 2.23 bits per heavy atom. The van der Waals surface area contributed by atoms with Gasteiger partial charge in [0, 0.05) is 11.5 Å². The molecule has 3 heterocycles. The zero-order valence-corrected chi connectivity index (χ0v) is 15.3. The van der Waals surface area contributed by atoms with Crippen LogP contribution in [-0.2, 0) is 4.74 Å². The third kappa shape index (κ3) is 3.37. The second-order valence-corrected chi connectivity index (χ2v) is 8.55. The Morgan fingerprint density at radius 1 is 1.41 bits per heavy atom. The van der Waals surface area contributed by atoms with Gasteiger partial charge in [0.15, 0.2) is 3.92 Å². The number of hydrogen-bond acceptors (Lipinski definition) is 7. The van der Waals surface area contributed by atoms with Crippen LogP contribution in [0, 0.1) is 0 Å². The van der Waals surface area contributed by atoms with Gasteiger partial charge in [0.05, 0.1) is 0 Å². The summed E-state index contributed by atoms with van der Waals surface area (Å²) >= 11 is 6.18. The van der Waals surface area contributed by atoms with Gasteiger partial charge in [-0.3, -0.25) is 10.1 Å². The zero-order valence-electron chi connectivity index (χ0n) is 12.1. The first-order chi connectivity index (χ1) is 10.5. The Hall–Kier alpha value is -0.900. The maximum Gasteiger partial charge on any atom is 0.277 e. The summed E-state index contributed by atoms with van der Waals surface area (Å²) in [7, 11) is 0. The highest BCUT2D eigenvalue weighted by Crippen LogP contribution is 2.33. The molecular weight excluding hydrogens is 388 g/mol. The fourth-order valence-electron chi connectivity index (χ4n) is 2.20. The molecule has 1 aliphatic rings. The lowest BCUT2D eigenvalue weighted by atomic mass is 10.1. The van der Waals surface area contributed by atoms with E-state index >= 15 is 0 Å². The molecule has 2 aromatic heterocycles. The van der Waals surface area contributed by atoms with Crippen LogP contribution < -0.4 is 5.32 Å². The second kappa shape index (κ2) is 6.69. The first kappa shape index (κ1) is 16.0. The molecule has 9 heteroatoms. The lowest BCUT2D eigenvalue weighted by Gasteiger charge is -2.04. The third-order valence-corrected chi connectivity index (χ3v) is 5.97. The number of amides is 1. The van der Waals surface area contributed by atoms with E-state index in [9.17, 15) is 4.79 Å². The molecule has 1 atom stereocenters. The van der Waals surface area contributed by atoms with Gasteiger partial charge in [0.2, 0.25) is 5.13 Å². The monoisotopic (exact) mass is 402 g/mol. The number of nitrogens with one attached hydrogen (secondary N) is 1. The SMILES string of the molecule is CC(C)c1sc(Br)nc1C(=O)Nc1nnc([C@H]2CCCO2)s1. The Kier molecular flexibility index (Phi) is 4.86. The van der Waals surface area contributed by atoms with Crippen LogP contribution >= 0.6 is 38.6 Å². The number of nitrogens with zero attached hydrogens (tertiary/aromatic N) is 3. The van der Waals surface area contributed by atoms with Crippen molar-refractivity contribution in [1.82, 2.24) is 15.2 Å². The van der Waals surface area contributed by atoms with E-state index in [4.69, 9.17) is 4.74 Å². The molecule has 1 aliphatic heterocycles. The van der Waals surface area contributed by atoms with Crippen LogP contribution in [-0.4, -0.2) is 27.7 Å². The van der Waals surface area contributed by atoms with E-state index in [0.717, 1.165) is 29.3 Å². The van der Waals surface area contributed by atoms with Gasteiger partial charge >= 0.3 is 0 Å². The van der Waals surface area contributed by atoms with Crippen LogP contribution in [0.25, 0.3) is 0 Å². The van der Waals surface area contributed by atoms with Crippen molar-refractivity contribution >= 4 is 49.6 Å². The van der Waals surface area contributed by atoms with Crippen LogP contribution in [0.3, 0.4) is 0 Å². The summed E-state index contributed by atoms with van der Waals surface area (Å²) in [6.07, 6.45) is 2.01. The summed E-state index contributed by atoms with van der Waals surface area (Å²) in [5.41, 5.74) is 0.445. The maximum absolute atomic E-state index is 12.4. The van der Waals surface area contributed by atoms with Crippen LogP contribution in [0.1, 0.15) is 59.1 Å². The highest BCUT2D eigenvalue weighted by Gasteiger charge is 2.24. The van der Waals surface area contributed by atoms with Gasteiger partial charge in [-0.25, -0.2) is 4.98 Å². The van der Waals surface area contributed by atoms with Gasteiger partial charge in [0.1, 0.15) is 16.8 Å². The number of rotatable bonds is 4. The number of carbonyl (C=O) groups excluding carboxylic acids is 1. The van der Waals surface area contributed by atoms with E-state index in [1.54, 1.807) is 0 Å². The lowest BCUT2D eigenvalue weighted by molar-refractivity contribution is 0.102. The van der Waals surface area contributed by atoms with Crippen LogP contribution in [0.2, 0.25) is 0 Å². The van der Waals surface area contributed by atoms with Crippen LogP contribution in [0.4, 0.5) is 5.13 Å². The van der Waals surface area contributed by atoms with E-state index in [1.165, 1.54) is 22.7 Å². The molecule has 118 valence electrons. The predicted molar refractivity (Wildman–Crippen MR) is 89.7 cm³/mol. The van der Waals surface area contributed by atoms with Gasteiger partial charge in [-0.15, -0.1) is 21.5 Å². The Bertz CT molecular complexity index is 679. The fourth-order valence-corrected chi connectivity index (χ4v) is 4.51. The molecule has 1 fully saturated rings. The minimum atomic E-state index is -0.249. The number of hydrogen-bond donors (Lipinski definition) is 1.